The van der Waals surface area contributed by atoms with Crippen LogP contribution in [-0.4, -0.2) is 157 Å². The number of halogens is 4. The normalized spacial score (nSPS) is 21.7. The number of hydrogen-bond donors (Lipinski definition) is 5. The Labute approximate surface area is 582 Å². The molecule has 8 aromatic rings. The van der Waals surface area contributed by atoms with Crippen LogP contribution in [0.3, 0.4) is 0 Å². The van der Waals surface area contributed by atoms with E-state index < -0.39 is 67.6 Å². The number of rotatable bonds is 12. The average Bonchev–Trinajstić information content (AvgIpc) is 0.769. The molecule has 3 saturated heterocycles. The number of sulfonamides is 1. The highest BCUT2D eigenvalue weighted by atomic mass is 35.7. The molecule has 0 spiro atoms. The number of anilines is 6. The number of alkyl halides is 3. The predicted molar refractivity (Wildman–Crippen MR) is 373 cm³/mol. The Morgan fingerprint density at radius 2 is 0.890 bits per heavy atom. The number of ether oxygens (including phenoxy) is 7. The lowest BCUT2D eigenvalue weighted by Gasteiger charge is -2.44. The number of nitrogens with one attached hydrogen (secondary N) is 1. The fourth-order valence-corrected chi connectivity index (χ4v) is 14.0. The molecule has 0 saturated carbocycles. The SMILES string of the molecule is CCN(CC)CC.Cc1ccc(S(=O)(=O)Cl)cc1.N[C@@H]1COC[C@H](N2c3ccccc3Oc3ccccc32)[C@H]1O.O=S(=O)(N[C@@H]1COC[C@H](N2c3ccccc3Oc3ccccc32)[C@H]1O)c1ccc(OC(F)(F)F)cc1.[N-]=[N+]=N[C@@H]1COC[C@H](N2c3ccccc3Oc3ccccc32)[C@H]1O. The number of nitrogens with zero attached hydrogens (tertiary/aromatic N) is 7. The molecular weight excluding hydrogens is 1360 g/mol. The van der Waals surface area contributed by atoms with E-state index in [-0.39, 0.29) is 47.7 Å². The first-order valence-corrected chi connectivity index (χ1v) is 36.0. The molecule has 6 heterocycles. The van der Waals surface area contributed by atoms with Crippen molar-refractivity contribution in [3.63, 3.8) is 0 Å². The minimum Gasteiger partial charge on any atom is -0.453 e. The summed E-state index contributed by atoms with van der Waals surface area (Å²) in [6, 6.07) is 52.3. The van der Waals surface area contributed by atoms with Gasteiger partial charge in [0, 0.05) is 15.6 Å². The minimum absolute atomic E-state index is 0.0974. The third-order valence-corrected chi connectivity index (χ3v) is 20.0. The Hall–Kier alpha value is -8.71. The van der Waals surface area contributed by atoms with Gasteiger partial charge in [-0.25, -0.2) is 21.6 Å². The topological polar surface area (TPSA) is 293 Å². The van der Waals surface area contributed by atoms with Gasteiger partial charge in [0.2, 0.25) is 10.0 Å². The zero-order chi connectivity index (χ0) is 71.3. The van der Waals surface area contributed by atoms with Crippen molar-refractivity contribution in [1.82, 2.24) is 9.62 Å². The van der Waals surface area contributed by atoms with Crippen molar-refractivity contribution < 1.29 is 78.5 Å². The Bertz CT molecular complexity index is 4200. The van der Waals surface area contributed by atoms with Crippen LogP contribution in [-0.2, 0) is 33.3 Å². The van der Waals surface area contributed by atoms with E-state index in [1.54, 1.807) is 24.3 Å². The molecule has 3 fully saturated rings. The van der Waals surface area contributed by atoms with E-state index in [0.29, 0.717) is 54.2 Å². The first-order chi connectivity index (χ1) is 48.0. The molecule has 530 valence electrons. The van der Waals surface area contributed by atoms with Gasteiger partial charge in [-0.05, 0) is 141 Å². The molecule has 0 aromatic heterocycles. The van der Waals surface area contributed by atoms with E-state index in [1.807, 2.05) is 150 Å². The van der Waals surface area contributed by atoms with E-state index in [2.05, 4.69) is 50.1 Å². The van der Waals surface area contributed by atoms with Crippen LogP contribution in [0.5, 0.6) is 40.2 Å². The average molecular weight is 1440 g/mol. The molecule has 100 heavy (non-hydrogen) atoms. The van der Waals surface area contributed by atoms with Gasteiger partial charge in [-0.15, -0.1) is 13.2 Å². The van der Waals surface area contributed by atoms with E-state index >= 15 is 0 Å². The summed E-state index contributed by atoms with van der Waals surface area (Å²) in [4.78, 5) is 11.0. The summed E-state index contributed by atoms with van der Waals surface area (Å²) < 4.78 is 125. The zero-order valence-corrected chi connectivity index (χ0v) is 57.3. The largest absolute Gasteiger partial charge is 0.573 e. The Morgan fingerprint density at radius 1 is 0.540 bits per heavy atom. The first kappa shape index (κ1) is 74.0. The first-order valence-electron chi connectivity index (χ1n) is 32.2. The number of hydrogen-bond acceptors (Lipinski definition) is 20. The predicted octanol–water partition coefficient (Wildman–Crippen LogP) is 12.6. The van der Waals surface area contributed by atoms with Crippen LogP contribution < -0.4 is 44.1 Å². The summed E-state index contributed by atoms with van der Waals surface area (Å²) in [5.41, 5.74) is 20.6. The van der Waals surface area contributed by atoms with Crippen molar-refractivity contribution in [2.75, 3.05) is 74.0 Å². The van der Waals surface area contributed by atoms with Gasteiger partial charge in [-0.3, -0.25) is 0 Å². The van der Waals surface area contributed by atoms with Crippen molar-refractivity contribution in [3.05, 3.63) is 210 Å². The van der Waals surface area contributed by atoms with Gasteiger partial charge in [-0.2, -0.15) is 0 Å². The third kappa shape index (κ3) is 17.7. The highest BCUT2D eigenvalue weighted by Crippen LogP contribution is 2.51. The Kier molecular flexibility index (Phi) is 24.6. The fourth-order valence-electron chi connectivity index (χ4n) is 12.0. The third-order valence-electron chi connectivity index (χ3n) is 17.1. The molecular formula is C71H77ClF3N9O14S2. The summed E-state index contributed by atoms with van der Waals surface area (Å²) in [5, 5.41) is 36.2. The fraction of sp³-hybridized carbons (Fsp3) is 0.324. The van der Waals surface area contributed by atoms with Gasteiger partial charge in [0.05, 0.1) is 138 Å². The number of benzene rings is 8. The highest BCUT2D eigenvalue weighted by Gasteiger charge is 2.44. The number of aryl methyl sites for hydroxylation is 1. The van der Waals surface area contributed by atoms with Crippen molar-refractivity contribution in [1.29, 1.82) is 0 Å². The van der Waals surface area contributed by atoms with Crippen LogP contribution in [0.4, 0.5) is 47.3 Å². The molecule has 0 aliphatic carbocycles. The van der Waals surface area contributed by atoms with Gasteiger partial charge < -0.3 is 73.8 Å². The second-order valence-electron chi connectivity index (χ2n) is 23.6. The summed E-state index contributed by atoms with van der Waals surface area (Å²) in [6.45, 7) is 13.4. The molecule has 6 aliphatic heterocycles. The smallest absolute Gasteiger partial charge is 0.453 e. The molecule has 6 N–H and O–H groups in total. The van der Waals surface area contributed by atoms with Crippen LogP contribution in [0.2, 0.25) is 0 Å². The molecule has 6 aliphatic rings. The van der Waals surface area contributed by atoms with Crippen LogP contribution in [0.15, 0.2) is 209 Å². The number of aliphatic hydroxyl groups is 3. The second kappa shape index (κ2) is 33.2. The number of para-hydroxylation sites is 12. The standard InChI is InChI=1S/C24H21F3N2O6S.C17H16N4O3.C17H18N2O3.C7H7ClO2S.C6H15N/c25-24(26,27)35-15-9-11-16(12-10-15)36(31,32)28-17-13-33-14-20(23(17)30)29-18-5-1-3-7-21(18)34-22-8-4-2-6-19(22)29;18-20-19-11-9-23-10-14(17(11)22)21-12-5-1-3-7-15(12)24-16-8-4-2-6-13(16)21;18-11-9-21-10-14(17(11)20)19-12-5-1-3-7-15(12)22-16-8-4-2-6-13(16)19;1-6-2-4-7(5-3-6)11(8,9)10;1-4-7(5-2)6-3/h1-12,17,20,23,28,30H,13-14H2;1-8,11,14,17,22H,9-10H2;1-8,11,14,17,20H,9-10,18H2;2-5H,1H3;4-6H2,1-3H3/t17-,20+,23+;2*11-,14+,17+;;/m111../s1. The molecule has 23 nitrogen and oxygen atoms in total. The summed E-state index contributed by atoms with van der Waals surface area (Å²) >= 11 is 0. The maximum absolute atomic E-state index is 12.9. The lowest BCUT2D eigenvalue weighted by Crippen LogP contribution is -2.60. The molecule has 14 rings (SSSR count). The molecule has 29 heteroatoms. The second-order valence-corrected chi connectivity index (χ2v) is 27.8. The summed E-state index contributed by atoms with van der Waals surface area (Å²) in [5.74, 6) is 3.58. The van der Waals surface area contributed by atoms with Gasteiger partial charge in [0.1, 0.15) is 5.75 Å². The highest BCUT2D eigenvalue weighted by molar-refractivity contribution is 8.13. The molecule has 9 atom stereocenters. The van der Waals surface area contributed by atoms with E-state index in [0.717, 1.165) is 64.1 Å². The molecule has 0 amide bonds. The van der Waals surface area contributed by atoms with E-state index in [9.17, 15) is 45.3 Å². The van der Waals surface area contributed by atoms with Crippen LogP contribution in [0, 0.1) is 6.92 Å². The van der Waals surface area contributed by atoms with Crippen molar-refractivity contribution in [2.24, 2.45) is 10.8 Å². The number of fused-ring (bicyclic) bond motifs is 6. The van der Waals surface area contributed by atoms with E-state index in [4.69, 9.17) is 50.4 Å². The molecule has 8 aromatic carbocycles. The maximum Gasteiger partial charge on any atom is 0.573 e. The van der Waals surface area contributed by atoms with Crippen LogP contribution in [0.1, 0.15) is 26.3 Å². The zero-order valence-electron chi connectivity index (χ0n) is 54.9. The van der Waals surface area contributed by atoms with Crippen LogP contribution in [0.25, 0.3) is 10.4 Å². The van der Waals surface area contributed by atoms with Gasteiger partial charge in [0.25, 0.3) is 9.05 Å². The van der Waals surface area contributed by atoms with Crippen molar-refractivity contribution >= 4 is 63.9 Å². The molecule has 0 unspecified atom stereocenters. The van der Waals surface area contributed by atoms with Crippen LogP contribution >= 0.6 is 10.7 Å². The number of nitrogens with two attached hydrogens (primary N) is 1. The summed E-state index contributed by atoms with van der Waals surface area (Å²) in [6.07, 6.45) is -7.59. The quantitative estimate of drug-likeness (QED) is 0.0329. The van der Waals surface area contributed by atoms with E-state index in [1.165, 1.54) is 31.8 Å². The Balaban J connectivity index is 0.000000148. The maximum atomic E-state index is 12.9. The number of aliphatic hydroxyl groups excluding tert-OH is 3. The van der Waals surface area contributed by atoms with Gasteiger partial charge in [0.15, 0.2) is 34.5 Å². The lowest BCUT2D eigenvalue weighted by atomic mass is 9.98. The monoisotopic (exact) mass is 1440 g/mol. The van der Waals surface area contributed by atoms with Gasteiger partial charge in [-0.1, -0.05) is 116 Å². The minimum atomic E-state index is -4.89. The Morgan fingerprint density at radius 3 is 1.25 bits per heavy atom. The number of azide groups is 1. The summed E-state index contributed by atoms with van der Waals surface area (Å²) in [7, 11) is -2.66. The van der Waals surface area contributed by atoms with Gasteiger partial charge >= 0.3 is 6.36 Å². The molecule has 0 bridgehead atoms. The van der Waals surface area contributed by atoms with Crippen molar-refractivity contribution in [2.45, 2.75) is 98.4 Å². The molecule has 0 radical (unpaired) electrons. The lowest BCUT2D eigenvalue weighted by molar-refractivity contribution is -0.274. The van der Waals surface area contributed by atoms with Crippen molar-refractivity contribution in [3.8, 4) is 40.2 Å².